The summed E-state index contributed by atoms with van der Waals surface area (Å²) in [7, 11) is 0. The van der Waals surface area contributed by atoms with Gasteiger partial charge >= 0.3 is 5.97 Å². The van der Waals surface area contributed by atoms with Gasteiger partial charge in [-0.15, -0.1) is 0 Å². The van der Waals surface area contributed by atoms with Crippen LogP contribution in [0.2, 0.25) is 0 Å². The maximum absolute atomic E-state index is 10.6. The molecule has 0 saturated carbocycles. The molecular weight excluding hydrogens is 174 g/mol. The maximum Gasteiger partial charge on any atom is 0.358 e. The molecule has 0 aromatic carbocycles. The van der Waals surface area contributed by atoms with Gasteiger partial charge in [0.1, 0.15) is 6.04 Å². The average Bonchev–Trinajstić information content (AvgIpc) is 2.10. The molecule has 0 saturated heterocycles. The summed E-state index contributed by atoms with van der Waals surface area (Å²) in [5.41, 5.74) is 10.4. The van der Waals surface area contributed by atoms with Crippen molar-refractivity contribution in [2.45, 2.75) is 31.7 Å². The molecule has 76 valence electrons. The summed E-state index contributed by atoms with van der Waals surface area (Å²) in [6.07, 6.45) is 2.31. The quantitative estimate of drug-likeness (QED) is 0.152. The number of unbranched alkanes of at least 4 members (excludes halogenated alkanes) is 1. The van der Waals surface area contributed by atoms with Gasteiger partial charge in [-0.1, -0.05) is 6.42 Å². The Morgan fingerprint density at radius 1 is 1.54 bits per heavy atom. The molecule has 0 spiro atoms. The Morgan fingerprint density at radius 3 is 2.62 bits per heavy atom. The number of hydrogen-bond acceptors (Lipinski definition) is 5. The lowest BCUT2D eigenvalue weighted by atomic mass is 10.1. The van der Waals surface area contributed by atoms with Crippen molar-refractivity contribution >= 4 is 11.8 Å². The largest absolute Gasteiger partial charge is 0.388 e. The lowest BCUT2D eigenvalue weighted by molar-refractivity contribution is -0.235. The van der Waals surface area contributed by atoms with E-state index in [1.807, 2.05) is 0 Å². The average molecular weight is 189 g/mol. The van der Waals surface area contributed by atoms with Gasteiger partial charge in [0.2, 0.25) is 0 Å². The molecule has 0 rings (SSSR count). The van der Waals surface area contributed by atoms with E-state index in [1.165, 1.54) is 0 Å². The SMILES string of the molecule is N=C(N)CCCC[C@H](N)C(=O)OO. The number of amidine groups is 1. The molecule has 0 radical (unpaired) electrons. The fraction of sp³-hybridized carbons (Fsp3) is 0.714. The van der Waals surface area contributed by atoms with E-state index in [-0.39, 0.29) is 5.84 Å². The second-order valence-electron chi connectivity index (χ2n) is 2.79. The van der Waals surface area contributed by atoms with Gasteiger partial charge in [0.15, 0.2) is 0 Å². The summed E-state index contributed by atoms with van der Waals surface area (Å²) in [6.45, 7) is 0. The maximum atomic E-state index is 10.6. The zero-order chi connectivity index (χ0) is 10.3. The van der Waals surface area contributed by atoms with Crippen LogP contribution >= 0.6 is 0 Å². The fourth-order valence-electron chi connectivity index (χ4n) is 0.865. The Kier molecular flexibility index (Phi) is 5.82. The van der Waals surface area contributed by atoms with Gasteiger partial charge in [-0.25, -0.2) is 4.79 Å². The molecule has 6 N–H and O–H groups in total. The minimum Gasteiger partial charge on any atom is -0.388 e. The predicted octanol–water partition coefficient (Wildman–Crippen LogP) is -0.174. The van der Waals surface area contributed by atoms with Crippen LogP contribution in [0, 0.1) is 5.41 Å². The van der Waals surface area contributed by atoms with Crippen molar-refractivity contribution in [2.24, 2.45) is 11.5 Å². The molecule has 0 aliphatic heterocycles. The summed E-state index contributed by atoms with van der Waals surface area (Å²) in [6, 6.07) is -0.794. The molecule has 1 atom stereocenters. The van der Waals surface area contributed by atoms with E-state index in [9.17, 15) is 4.79 Å². The molecule has 0 aliphatic rings. The van der Waals surface area contributed by atoms with Gasteiger partial charge in [0.05, 0.1) is 5.84 Å². The minimum absolute atomic E-state index is 0.123. The van der Waals surface area contributed by atoms with E-state index >= 15 is 0 Å². The van der Waals surface area contributed by atoms with Gasteiger partial charge in [-0.3, -0.25) is 10.3 Å². The molecule has 0 aromatic heterocycles. The number of hydrogen-bond donors (Lipinski definition) is 4. The first-order chi connectivity index (χ1) is 6.07. The van der Waals surface area contributed by atoms with Crippen LogP contribution in [-0.2, 0) is 9.68 Å². The third-order valence-electron chi connectivity index (χ3n) is 1.60. The molecule has 13 heavy (non-hydrogen) atoms. The van der Waals surface area contributed by atoms with Crippen LogP contribution in [0.1, 0.15) is 25.7 Å². The first kappa shape index (κ1) is 11.9. The molecular formula is C7H15N3O3. The normalized spacial score (nSPS) is 12.2. The molecule has 6 nitrogen and oxygen atoms in total. The lowest BCUT2D eigenvalue weighted by Gasteiger charge is -2.06. The van der Waals surface area contributed by atoms with Gasteiger partial charge in [-0.05, 0) is 12.8 Å². The highest BCUT2D eigenvalue weighted by atomic mass is 17.1. The van der Waals surface area contributed by atoms with Crippen molar-refractivity contribution < 1.29 is 14.9 Å². The van der Waals surface area contributed by atoms with Gasteiger partial charge < -0.3 is 11.5 Å². The Labute approximate surface area is 76.3 Å². The van der Waals surface area contributed by atoms with Crippen molar-refractivity contribution in [1.29, 1.82) is 5.41 Å². The minimum atomic E-state index is -0.831. The van der Waals surface area contributed by atoms with Crippen molar-refractivity contribution in [3.63, 3.8) is 0 Å². The van der Waals surface area contributed by atoms with Crippen LogP contribution in [-0.4, -0.2) is 23.1 Å². The lowest BCUT2D eigenvalue weighted by Crippen LogP contribution is -2.31. The van der Waals surface area contributed by atoms with E-state index in [2.05, 4.69) is 4.89 Å². The molecule has 0 aliphatic carbocycles. The van der Waals surface area contributed by atoms with E-state index in [0.717, 1.165) is 0 Å². The predicted molar refractivity (Wildman–Crippen MR) is 47.1 cm³/mol. The van der Waals surface area contributed by atoms with E-state index in [1.54, 1.807) is 0 Å². The van der Waals surface area contributed by atoms with Crippen LogP contribution in [0.25, 0.3) is 0 Å². The zero-order valence-corrected chi connectivity index (χ0v) is 7.32. The molecule has 0 unspecified atom stereocenters. The number of nitrogens with two attached hydrogens (primary N) is 2. The molecule has 0 heterocycles. The van der Waals surface area contributed by atoms with Crippen molar-refractivity contribution in [2.75, 3.05) is 0 Å². The van der Waals surface area contributed by atoms with Crippen molar-refractivity contribution in [3.05, 3.63) is 0 Å². The number of nitrogens with one attached hydrogen (secondary N) is 1. The fourth-order valence-corrected chi connectivity index (χ4v) is 0.865. The zero-order valence-electron chi connectivity index (χ0n) is 7.32. The standard InChI is InChI=1S/C7H15N3O3/c8-5(7(11)13-12)3-1-2-4-6(9)10/h5,12H,1-4,8H2,(H3,9,10)/t5-/m0/s1. The molecule has 0 bridgehead atoms. The monoisotopic (exact) mass is 189 g/mol. The summed E-state index contributed by atoms with van der Waals surface area (Å²) in [5.74, 6) is -0.707. The Hall–Kier alpha value is -1.14. The third-order valence-corrected chi connectivity index (χ3v) is 1.60. The first-order valence-corrected chi connectivity index (χ1v) is 4.01. The summed E-state index contributed by atoms with van der Waals surface area (Å²) in [5, 5.41) is 14.9. The number of carbonyl (C=O) groups excluding carboxylic acids is 1. The highest BCUT2D eigenvalue weighted by Gasteiger charge is 2.13. The first-order valence-electron chi connectivity index (χ1n) is 4.01. The summed E-state index contributed by atoms with van der Waals surface area (Å²) >= 11 is 0. The van der Waals surface area contributed by atoms with Crippen LogP contribution < -0.4 is 11.5 Å². The van der Waals surface area contributed by atoms with Crippen LogP contribution in [0.3, 0.4) is 0 Å². The second-order valence-corrected chi connectivity index (χ2v) is 2.79. The summed E-state index contributed by atoms with van der Waals surface area (Å²) in [4.78, 5) is 14.0. The number of carbonyl (C=O) groups is 1. The summed E-state index contributed by atoms with van der Waals surface area (Å²) < 4.78 is 0. The second kappa shape index (κ2) is 6.38. The van der Waals surface area contributed by atoms with Crippen molar-refractivity contribution in [1.82, 2.24) is 0 Å². The van der Waals surface area contributed by atoms with E-state index in [0.29, 0.717) is 25.7 Å². The van der Waals surface area contributed by atoms with Gasteiger partial charge in [-0.2, -0.15) is 5.26 Å². The Morgan fingerprint density at radius 2 is 2.15 bits per heavy atom. The van der Waals surface area contributed by atoms with Crippen molar-refractivity contribution in [3.8, 4) is 0 Å². The van der Waals surface area contributed by atoms with Gasteiger partial charge in [0.25, 0.3) is 0 Å². The molecule has 6 heteroatoms. The molecule has 0 amide bonds. The van der Waals surface area contributed by atoms with E-state index in [4.69, 9.17) is 22.1 Å². The van der Waals surface area contributed by atoms with E-state index < -0.39 is 12.0 Å². The van der Waals surface area contributed by atoms with Crippen LogP contribution in [0.15, 0.2) is 0 Å². The number of rotatable bonds is 6. The van der Waals surface area contributed by atoms with Crippen LogP contribution in [0.5, 0.6) is 0 Å². The van der Waals surface area contributed by atoms with Gasteiger partial charge in [0, 0.05) is 6.42 Å². The Bertz CT molecular complexity index is 184. The van der Waals surface area contributed by atoms with Crippen LogP contribution in [0.4, 0.5) is 0 Å². The molecule has 0 fully saturated rings. The molecule has 0 aromatic rings. The Balaban J connectivity index is 3.42. The smallest absolute Gasteiger partial charge is 0.358 e. The topological polar surface area (TPSA) is 122 Å². The highest BCUT2D eigenvalue weighted by molar-refractivity contribution is 5.76. The highest BCUT2D eigenvalue weighted by Crippen LogP contribution is 2.02. The third kappa shape index (κ3) is 6.06.